The first-order valence-corrected chi connectivity index (χ1v) is 9.20. The molecule has 0 saturated carbocycles. The van der Waals surface area contributed by atoms with Crippen LogP contribution < -0.4 is 10.6 Å². The second kappa shape index (κ2) is 8.01. The highest BCUT2D eigenvalue weighted by Crippen LogP contribution is 2.11. The van der Waals surface area contributed by atoms with Crippen molar-refractivity contribution in [3.05, 3.63) is 65.7 Å². The minimum atomic E-state index is -0.162. The summed E-state index contributed by atoms with van der Waals surface area (Å²) in [4.78, 5) is 20.7. The third kappa shape index (κ3) is 4.18. The van der Waals surface area contributed by atoms with Crippen molar-refractivity contribution in [2.75, 3.05) is 18.4 Å². The highest BCUT2D eigenvalue weighted by molar-refractivity contribution is 5.97. The number of amides is 1. The largest absolute Gasteiger partial charge is 0.367 e. The maximum absolute atomic E-state index is 12.3. The summed E-state index contributed by atoms with van der Waals surface area (Å²) in [6.45, 7) is 4.87. The van der Waals surface area contributed by atoms with Gasteiger partial charge in [-0.05, 0) is 50.2 Å². The van der Waals surface area contributed by atoms with E-state index in [9.17, 15) is 4.79 Å². The van der Waals surface area contributed by atoms with Crippen LogP contribution in [0.4, 0.5) is 5.82 Å². The fourth-order valence-corrected chi connectivity index (χ4v) is 2.97. The fourth-order valence-electron chi connectivity index (χ4n) is 2.97. The number of carbonyl (C=O) groups excluding carboxylic acids is 1. The van der Waals surface area contributed by atoms with E-state index >= 15 is 0 Å². The topological polar surface area (TPSA) is 111 Å². The van der Waals surface area contributed by atoms with Gasteiger partial charge in [0.1, 0.15) is 5.82 Å². The summed E-state index contributed by atoms with van der Waals surface area (Å²) in [6.07, 6.45) is 3.23. The maximum Gasteiger partial charge on any atom is 0.251 e. The molecule has 0 aliphatic heterocycles. The molecule has 0 spiro atoms. The third-order valence-electron chi connectivity index (χ3n) is 4.33. The Morgan fingerprint density at radius 2 is 1.79 bits per heavy atom. The first-order valence-electron chi connectivity index (χ1n) is 9.20. The van der Waals surface area contributed by atoms with Crippen molar-refractivity contribution in [3.8, 4) is 5.82 Å². The molecule has 9 nitrogen and oxygen atoms in total. The van der Waals surface area contributed by atoms with E-state index < -0.39 is 0 Å². The molecule has 3 heterocycles. The molecular formula is C20H20N8O. The molecule has 1 aromatic carbocycles. The highest BCUT2D eigenvalue weighted by Gasteiger charge is 2.08. The predicted octanol–water partition coefficient (Wildman–Crippen LogP) is 2.06. The van der Waals surface area contributed by atoms with Crippen molar-refractivity contribution in [1.82, 2.24) is 35.3 Å². The van der Waals surface area contributed by atoms with Crippen molar-refractivity contribution >= 4 is 22.8 Å². The normalized spacial score (nSPS) is 10.8. The Bertz CT molecular complexity index is 1150. The quantitative estimate of drug-likeness (QED) is 0.486. The minimum Gasteiger partial charge on any atom is -0.367 e. The maximum atomic E-state index is 12.3. The molecule has 0 bridgehead atoms. The molecule has 9 heteroatoms. The molecule has 0 aliphatic rings. The van der Waals surface area contributed by atoms with Gasteiger partial charge in [-0.1, -0.05) is 0 Å². The molecule has 4 rings (SSSR count). The summed E-state index contributed by atoms with van der Waals surface area (Å²) < 4.78 is 1.75. The van der Waals surface area contributed by atoms with E-state index in [0.29, 0.717) is 35.8 Å². The zero-order valence-electron chi connectivity index (χ0n) is 16.1. The average molecular weight is 388 g/mol. The minimum absolute atomic E-state index is 0.162. The van der Waals surface area contributed by atoms with Crippen molar-refractivity contribution in [3.63, 3.8) is 0 Å². The molecule has 0 unspecified atom stereocenters. The molecule has 0 atom stereocenters. The van der Waals surface area contributed by atoms with E-state index in [1.54, 1.807) is 35.3 Å². The first-order chi connectivity index (χ1) is 14.1. The SMILES string of the molecule is Cc1cc(C)n(-c2ccc(NCCNC(=O)c3ccc4nccnc4c3)nn2)n1. The standard InChI is InChI=1S/C20H20N8O/c1-13-11-14(2)28(27-13)19-6-5-18(25-26-19)23-9-10-24-20(29)15-3-4-16-17(12-15)22-8-7-21-16/h3-8,11-12H,9-10H2,1-2H3,(H,23,25)(H,24,29). The van der Waals surface area contributed by atoms with E-state index in [0.717, 1.165) is 16.9 Å². The Balaban J connectivity index is 1.29. The lowest BCUT2D eigenvalue weighted by molar-refractivity contribution is 0.0955. The number of carbonyl (C=O) groups is 1. The number of nitrogens with one attached hydrogen (secondary N) is 2. The van der Waals surface area contributed by atoms with Crippen LogP contribution in [0.3, 0.4) is 0 Å². The second-order valence-corrected chi connectivity index (χ2v) is 6.56. The van der Waals surface area contributed by atoms with Crippen molar-refractivity contribution in [1.29, 1.82) is 0 Å². The van der Waals surface area contributed by atoms with Gasteiger partial charge >= 0.3 is 0 Å². The van der Waals surface area contributed by atoms with Crippen LogP contribution in [-0.2, 0) is 0 Å². The van der Waals surface area contributed by atoms with Crippen LogP contribution in [-0.4, -0.2) is 48.9 Å². The van der Waals surface area contributed by atoms with Crippen LogP contribution in [0.5, 0.6) is 0 Å². The number of hydrogen-bond acceptors (Lipinski definition) is 7. The number of anilines is 1. The molecule has 3 aromatic heterocycles. The summed E-state index contributed by atoms with van der Waals surface area (Å²) in [5.41, 5.74) is 3.93. The monoisotopic (exact) mass is 388 g/mol. The fraction of sp³-hybridized carbons (Fsp3) is 0.200. The molecule has 0 radical (unpaired) electrons. The van der Waals surface area contributed by atoms with Crippen LogP contribution >= 0.6 is 0 Å². The Morgan fingerprint density at radius 3 is 2.52 bits per heavy atom. The Hall–Kier alpha value is -3.88. The van der Waals surface area contributed by atoms with Gasteiger partial charge in [0, 0.05) is 36.7 Å². The Kier molecular flexibility index (Phi) is 5.10. The van der Waals surface area contributed by atoms with Gasteiger partial charge in [-0.3, -0.25) is 14.8 Å². The lowest BCUT2D eigenvalue weighted by Crippen LogP contribution is -2.29. The number of aryl methyl sites for hydroxylation is 2. The molecule has 29 heavy (non-hydrogen) atoms. The number of hydrogen-bond donors (Lipinski definition) is 2. The number of rotatable bonds is 6. The Labute approximate surface area is 167 Å². The van der Waals surface area contributed by atoms with Crippen LogP contribution in [0.15, 0.2) is 48.8 Å². The Morgan fingerprint density at radius 1 is 0.966 bits per heavy atom. The first kappa shape index (κ1) is 18.5. The molecule has 0 saturated heterocycles. The smallest absolute Gasteiger partial charge is 0.251 e. The van der Waals surface area contributed by atoms with Gasteiger partial charge in [-0.15, -0.1) is 10.2 Å². The molecule has 0 aliphatic carbocycles. The van der Waals surface area contributed by atoms with Crippen LogP contribution in [0.2, 0.25) is 0 Å². The summed E-state index contributed by atoms with van der Waals surface area (Å²) in [6, 6.07) is 10.9. The van der Waals surface area contributed by atoms with Crippen LogP contribution in [0.1, 0.15) is 21.7 Å². The molecular weight excluding hydrogens is 368 g/mol. The second-order valence-electron chi connectivity index (χ2n) is 6.56. The number of nitrogens with zero attached hydrogens (tertiary/aromatic N) is 6. The lowest BCUT2D eigenvalue weighted by atomic mass is 10.2. The molecule has 2 N–H and O–H groups in total. The van der Waals surface area contributed by atoms with E-state index in [1.165, 1.54) is 0 Å². The van der Waals surface area contributed by atoms with E-state index in [2.05, 4.69) is 35.9 Å². The van der Waals surface area contributed by atoms with Crippen molar-refractivity contribution in [2.45, 2.75) is 13.8 Å². The molecule has 146 valence electrons. The van der Waals surface area contributed by atoms with Gasteiger partial charge < -0.3 is 10.6 Å². The van der Waals surface area contributed by atoms with Gasteiger partial charge in [-0.2, -0.15) is 5.10 Å². The van der Waals surface area contributed by atoms with Crippen LogP contribution in [0.25, 0.3) is 16.9 Å². The average Bonchev–Trinajstić information content (AvgIpc) is 3.09. The zero-order valence-corrected chi connectivity index (χ0v) is 16.1. The zero-order chi connectivity index (χ0) is 20.2. The number of aromatic nitrogens is 6. The van der Waals surface area contributed by atoms with Gasteiger partial charge in [0.2, 0.25) is 0 Å². The van der Waals surface area contributed by atoms with Gasteiger partial charge in [0.25, 0.3) is 5.91 Å². The predicted molar refractivity (Wildman–Crippen MR) is 109 cm³/mol. The summed E-state index contributed by atoms with van der Waals surface area (Å²) >= 11 is 0. The molecule has 4 aromatic rings. The van der Waals surface area contributed by atoms with Crippen molar-refractivity contribution in [2.24, 2.45) is 0 Å². The van der Waals surface area contributed by atoms with Crippen molar-refractivity contribution < 1.29 is 4.79 Å². The van der Waals surface area contributed by atoms with Crippen LogP contribution in [0, 0.1) is 13.8 Å². The van der Waals surface area contributed by atoms with Gasteiger partial charge in [0.05, 0.1) is 16.7 Å². The third-order valence-corrected chi connectivity index (χ3v) is 4.33. The van der Waals surface area contributed by atoms with Gasteiger partial charge in [0.15, 0.2) is 5.82 Å². The number of benzene rings is 1. The number of fused-ring (bicyclic) bond motifs is 1. The molecule has 0 fully saturated rings. The van der Waals surface area contributed by atoms with E-state index in [1.807, 2.05) is 32.0 Å². The summed E-state index contributed by atoms with van der Waals surface area (Å²) in [5.74, 6) is 1.13. The highest BCUT2D eigenvalue weighted by atomic mass is 16.1. The van der Waals surface area contributed by atoms with Gasteiger partial charge in [-0.25, -0.2) is 4.68 Å². The summed E-state index contributed by atoms with van der Waals surface area (Å²) in [5, 5.41) is 18.8. The van der Waals surface area contributed by atoms with E-state index in [4.69, 9.17) is 0 Å². The lowest BCUT2D eigenvalue weighted by Gasteiger charge is -2.08. The summed E-state index contributed by atoms with van der Waals surface area (Å²) in [7, 11) is 0. The van der Waals surface area contributed by atoms with E-state index in [-0.39, 0.29) is 5.91 Å². The molecule has 1 amide bonds.